The highest BCUT2D eigenvalue weighted by Gasteiger charge is 2.33. The molecule has 2 heterocycles. The van der Waals surface area contributed by atoms with Gasteiger partial charge in [0.2, 0.25) is 0 Å². The molecule has 2 aromatic carbocycles. The van der Waals surface area contributed by atoms with Crippen LogP contribution in [0.25, 0.3) is 6.08 Å². The molecule has 0 unspecified atom stereocenters. The minimum absolute atomic E-state index is 0.233. The van der Waals surface area contributed by atoms with Gasteiger partial charge in [0.05, 0.1) is 41.7 Å². The highest BCUT2D eigenvalue weighted by atomic mass is 32.1. The van der Waals surface area contributed by atoms with Crippen molar-refractivity contribution in [1.82, 2.24) is 4.57 Å². The molecule has 0 N–H and O–H groups in total. The number of benzene rings is 2. The molecule has 182 valence electrons. The Bertz CT molecular complexity index is 1450. The van der Waals surface area contributed by atoms with E-state index < -0.39 is 12.0 Å². The summed E-state index contributed by atoms with van der Waals surface area (Å²) >= 11 is 1.28. The number of hydrogen-bond donors (Lipinski definition) is 0. The van der Waals surface area contributed by atoms with Crippen LogP contribution in [0.5, 0.6) is 11.5 Å². The molecule has 0 aliphatic carbocycles. The summed E-state index contributed by atoms with van der Waals surface area (Å²) in [5.41, 5.74) is 2.20. The molecule has 0 fully saturated rings. The molecule has 0 saturated heterocycles. The SMILES string of the molecule is CCOc1ccccc1/C=c1/sc2n(c1=O)[C@H](c1ccc(OC)cc1)C(C(=O)OC(C)C)=C(C)N=2. The van der Waals surface area contributed by atoms with Crippen LogP contribution in [0.4, 0.5) is 0 Å². The van der Waals surface area contributed by atoms with Crippen LogP contribution in [0.3, 0.4) is 0 Å². The lowest BCUT2D eigenvalue weighted by molar-refractivity contribution is -0.143. The fourth-order valence-corrected chi connectivity index (χ4v) is 5.03. The molecular formula is C27H28N2O5S. The third-order valence-electron chi connectivity index (χ3n) is 5.52. The third kappa shape index (κ3) is 4.93. The lowest BCUT2D eigenvalue weighted by Crippen LogP contribution is -2.40. The fourth-order valence-electron chi connectivity index (χ4n) is 3.99. The van der Waals surface area contributed by atoms with Gasteiger partial charge in [0, 0.05) is 5.56 Å². The van der Waals surface area contributed by atoms with Crippen LogP contribution in [0.15, 0.2) is 69.6 Å². The van der Waals surface area contributed by atoms with Crippen molar-refractivity contribution in [2.24, 2.45) is 4.99 Å². The summed E-state index contributed by atoms with van der Waals surface area (Å²) in [6.45, 7) is 7.79. The number of esters is 1. The van der Waals surface area contributed by atoms with E-state index in [0.29, 0.717) is 38.7 Å². The van der Waals surface area contributed by atoms with Crippen molar-refractivity contribution >= 4 is 23.4 Å². The number of ether oxygens (including phenoxy) is 3. The molecule has 35 heavy (non-hydrogen) atoms. The number of aromatic nitrogens is 1. The maximum atomic E-state index is 13.7. The van der Waals surface area contributed by atoms with E-state index in [4.69, 9.17) is 14.2 Å². The van der Waals surface area contributed by atoms with Crippen LogP contribution in [0.1, 0.15) is 44.9 Å². The van der Waals surface area contributed by atoms with E-state index in [9.17, 15) is 9.59 Å². The van der Waals surface area contributed by atoms with Gasteiger partial charge in [-0.1, -0.05) is 41.7 Å². The average Bonchev–Trinajstić information content (AvgIpc) is 3.13. The molecule has 0 spiro atoms. The summed E-state index contributed by atoms with van der Waals surface area (Å²) in [5.74, 6) is 0.892. The number of carbonyl (C=O) groups is 1. The second-order valence-corrected chi connectivity index (χ2v) is 9.29. The first-order valence-electron chi connectivity index (χ1n) is 11.4. The Morgan fingerprint density at radius 2 is 1.89 bits per heavy atom. The molecule has 1 aliphatic heterocycles. The van der Waals surface area contributed by atoms with Gasteiger partial charge in [0.1, 0.15) is 11.5 Å². The molecule has 8 heteroatoms. The number of carbonyl (C=O) groups excluding carboxylic acids is 1. The molecule has 1 aromatic heterocycles. The fraction of sp³-hybridized carbons (Fsp3) is 0.296. The predicted octanol–water partition coefficient (Wildman–Crippen LogP) is 3.59. The average molecular weight is 493 g/mol. The molecule has 3 aromatic rings. The molecule has 7 nitrogen and oxygen atoms in total. The van der Waals surface area contributed by atoms with E-state index >= 15 is 0 Å². The van der Waals surface area contributed by atoms with Crippen LogP contribution in [-0.4, -0.2) is 30.4 Å². The second kappa shape index (κ2) is 10.3. The lowest BCUT2D eigenvalue weighted by Gasteiger charge is -2.25. The van der Waals surface area contributed by atoms with Gasteiger partial charge in [-0.25, -0.2) is 9.79 Å². The molecular weight excluding hydrogens is 464 g/mol. The van der Waals surface area contributed by atoms with Gasteiger partial charge in [0.15, 0.2) is 4.80 Å². The summed E-state index contributed by atoms with van der Waals surface area (Å²) in [6.07, 6.45) is 1.50. The van der Waals surface area contributed by atoms with E-state index in [1.165, 1.54) is 11.3 Å². The van der Waals surface area contributed by atoms with Crippen molar-refractivity contribution in [3.05, 3.63) is 90.6 Å². The molecule has 0 radical (unpaired) electrons. The van der Waals surface area contributed by atoms with E-state index in [1.807, 2.05) is 61.5 Å². The van der Waals surface area contributed by atoms with Crippen LogP contribution >= 0.6 is 11.3 Å². The maximum Gasteiger partial charge on any atom is 0.338 e. The maximum absolute atomic E-state index is 13.7. The van der Waals surface area contributed by atoms with Crippen molar-refractivity contribution < 1.29 is 19.0 Å². The summed E-state index contributed by atoms with van der Waals surface area (Å²) in [7, 11) is 1.59. The van der Waals surface area contributed by atoms with E-state index in [1.54, 1.807) is 32.4 Å². The lowest BCUT2D eigenvalue weighted by atomic mass is 9.96. The molecule has 1 aliphatic rings. The van der Waals surface area contributed by atoms with Crippen LogP contribution in [0.2, 0.25) is 0 Å². The van der Waals surface area contributed by atoms with E-state index in [0.717, 1.165) is 11.1 Å². The number of thiazole rings is 1. The quantitative estimate of drug-likeness (QED) is 0.471. The first-order chi connectivity index (χ1) is 16.8. The summed E-state index contributed by atoms with van der Waals surface area (Å²) in [6, 6.07) is 14.2. The topological polar surface area (TPSA) is 79.1 Å². The van der Waals surface area contributed by atoms with E-state index in [2.05, 4.69) is 4.99 Å². The first-order valence-corrected chi connectivity index (χ1v) is 12.2. The Morgan fingerprint density at radius 1 is 1.17 bits per heavy atom. The Hall–Kier alpha value is -3.65. The smallest absolute Gasteiger partial charge is 0.338 e. The largest absolute Gasteiger partial charge is 0.497 e. The number of hydrogen-bond acceptors (Lipinski definition) is 7. The highest BCUT2D eigenvalue weighted by Crippen LogP contribution is 2.32. The summed E-state index contributed by atoms with van der Waals surface area (Å²) in [4.78, 5) is 32.0. The molecule has 0 saturated carbocycles. The highest BCUT2D eigenvalue weighted by molar-refractivity contribution is 7.07. The molecule has 0 amide bonds. The van der Waals surface area contributed by atoms with Crippen LogP contribution in [-0.2, 0) is 9.53 Å². The van der Waals surface area contributed by atoms with Crippen molar-refractivity contribution in [3.8, 4) is 11.5 Å². The van der Waals surface area contributed by atoms with Gasteiger partial charge in [-0.05, 0) is 57.5 Å². The molecule has 1 atom stereocenters. The van der Waals surface area contributed by atoms with Crippen molar-refractivity contribution in [3.63, 3.8) is 0 Å². The van der Waals surface area contributed by atoms with Crippen molar-refractivity contribution in [2.75, 3.05) is 13.7 Å². The number of allylic oxidation sites excluding steroid dienone is 1. The van der Waals surface area contributed by atoms with Gasteiger partial charge in [-0.15, -0.1) is 0 Å². The number of fused-ring (bicyclic) bond motifs is 1. The zero-order chi connectivity index (χ0) is 25.1. The van der Waals surface area contributed by atoms with Gasteiger partial charge < -0.3 is 14.2 Å². The number of methoxy groups -OCH3 is 1. The predicted molar refractivity (Wildman–Crippen MR) is 136 cm³/mol. The Balaban J connectivity index is 1.93. The minimum atomic E-state index is -0.673. The monoisotopic (exact) mass is 492 g/mol. The van der Waals surface area contributed by atoms with Gasteiger partial charge in [-0.2, -0.15) is 0 Å². The number of nitrogens with zero attached hydrogens (tertiary/aromatic N) is 2. The third-order valence-corrected chi connectivity index (χ3v) is 6.50. The number of rotatable bonds is 7. The zero-order valence-corrected chi connectivity index (χ0v) is 21.2. The summed E-state index contributed by atoms with van der Waals surface area (Å²) < 4.78 is 18.6. The van der Waals surface area contributed by atoms with Crippen molar-refractivity contribution in [2.45, 2.75) is 39.8 Å². The number of para-hydroxylation sites is 1. The van der Waals surface area contributed by atoms with Crippen molar-refractivity contribution in [1.29, 1.82) is 0 Å². The Labute approximate surface area is 207 Å². The normalized spacial score (nSPS) is 15.6. The molecule has 4 rings (SSSR count). The zero-order valence-electron chi connectivity index (χ0n) is 20.4. The Kier molecular flexibility index (Phi) is 7.21. The Morgan fingerprint density at radius 3 is 2.54 bits per heavy atom. The van der Waals surface area contributed by atoms with E-state index in [-0.39, 0.29) is 11.7 Å². The van der Waals surface area contributed by atoms with Gasteiger partial charge in [0.25, 0.3) is 5.56 Å². The van der Waals surface area contributed by atoms with Crippen LogP contribution in [0, 0.1) is 0 Å². The van der Waals surface area contributed by atoms with Crippen LogP contribution < -0.4 is 24.4 Å². The van der Waals surface area contributed by atoms with Gasteiger partial charge in [-0.3, -0.25) is 9.36 Å². The molecule has 0 bridgehead atoms. The first kappa shape index (κ1) is 24.5. The second-order valence-electron chi connectivity index (χ2n) is 8.28. The summed E-state index contributed by atoms with van der Waals surface area (Å²) in [5, 5.41) is 0. The standard InChI is InChI=1S/C27H28N2O5S/c1-6-33-21-10-8-7-9-19(21)15-22-25(30)29-24(18-11-13-20(32-5)14-12-18)23(26(31)34-16(2)3)17(4)28-27(29)35-22/h7-16,24H,6H2,1-5H3/b22-15+/t24-/m1/s1. The van der Waals surface area contributed by atoms with Gasteiger partial charge >= 0.3 is 5.97 Å². The minimum Gasteiger partial charge on any atom is -0.497 e.